The highest BCUT2D eigenvalue weighted by molar-refractivity contribution is 5.79. The van der Waals surface area contributed by atoms with E-state index in [1.54, 1.807) is 0 Å². The van der Waals surface area contributed by atoms with Gasteiger partial charge < -0.3 is 0 Å². The molecule has 1 heterocycles. The lowest BCUT2D eigenvalue weighted by molar-refractivity contribution is 0.295. The second-order valence-electron chi connectivity index (χ2n) is 4.09. The summed E-state index contributed by atoms with van der Waals surface area (Å²) in [6.07, 6.45) is 1.67. The van der Waals surface area contributed by atoms with E-state index in [1.807, 2.05) is 24.3 Å². The van der Waals surface area contributed by atoms with Gasteiger partial charge in [0.2, 0.25) is 0 Å². The van der Waals surface area contributed by atoms with E-state index in [4.69, 9.17) is 0 Å². The van der Waals surface area contributed by atoms with E-state index in [0.29, 0.717) is 12.1 Å². The van der Waals surface area contributed by atoms with Gasteiger partial charge in [0.1, 0.15) is 6.17 Å². The van der Waals surface area contributed by atoms with E-state index < -0.39 is 6.17 Å². The number of aromatic nitrogens is 1. The van der Waals surface area contributed by atoms with Crippen molar-refractivity contribution in [3.63, 3.8) is 0 Å². The van der Waals surface area contributed by atoms with E-state index in [2.05, 4.69) is 11.1 Å². The van der Waals surface area contributed by atoms with Crippen molar-refractivity contribution < 1.29 is 4.39 Å². The Bertz CT molecular complexity index is 507. The van der Waals surface area contributed by atoms with E-state index in [1.165, 1.54) is 0 Å². The molecule has 3 rings (SSSR count). The zero-order chi connectivity index (χ0) is 10.3. The molecule has 0 saturated heterocycles. The molecule has 1 nitrogen and oxygen atoms in total. The van der Waals surface area contributed by atoms with Crippen LogP contribution in [0.15, 0.2) is 30.3 Å². The van der Waals surface area contributed by atoms with Gasteiger partial charge in [0, 0.05) is 5.39 Å². The highest BCUT2D eigenvalue weighted by atomic mass is 19.1. The summed E-state index contributed by atoms with van der Waals surface area (Å²) < 4.78 is 13.6. The van der Waals surface area contributed by atoms with Crippen molar-refractivity contribution in [1.82, 2.24) is 4.98 Å². The molecule has 0 aliphatic heterocycles. The predicted octanol–water partition coefficient (Wildman–Crippen LogP) is 3.58. The molecule has 1 atom stereocenters. The zero-order valence-electron chi connectivity index (χ0n) is 8.41. The Kier molecular flexibility index (Phi) is 1.94. The van der Waals surface area contributed by atoms with Gasteiger partial charge in [-0.05, 0) is 37.0 Å². The Labute approximate surface area is 88.0 Å². The molecule has 0 radical (unpaired) electrons. The van der Waals surface area contributed by atoms with Crippen LogP contribution in [-0.2, 0) is 6.42 Å². The van der Waals surface area contributed by atoms with Gasteiger partial charge in [-0.1, -0.05) is 18.2 Å². The molecule has 1 aliphatic rings. The summed E-state index contributed by atoms with van der Waals surface area (Å²) in [7, 11) is 0. The minimum Gasteiger partial charge on any atom is -0.249 e. The van der Waals surface area contributed by atoms with Crippen molar-refractivity contribution >= 4 is 10.9 Å². The number of nitrogens with zero attached hydrogens (tertiary/aromatic N) is 1. The van der Waals surface area contributed by atoms with Gasteiger partial charge in [0.25, 0.3) is 0 Å². The van der Waals surface area contributed by atoms with E-state index >= 15 is 0 Å². The summed E-state index contributed by atoms with van der Waals surface area (Å²) in [6, 6.07) is 9.99. The molecule has 0 amide bonds. The minimum absolute atomic E-state index is 0.623. The summed E-state index contributed by atoms with van der Waals surface area (Å²) in [5, 5.41) is 1.12. The number of alkyl halides is 1. The van der Waals surface area contributed by atoms with Crippen LogP contribution < -0.4 is 0 Å². The minimum atomic E-state index is -0.863. The molecule has 0 bridgehead atoms. The Balaban J connectivity index is 2.27. The zero-order valence-corrected chi connectivity index (χ0v) is 8.41. The van der Waals surface area contributed by atoms with E-state index in [9.17, 15) is 4.39 Å². The molecule has 2 aromatic rings. The van der Waals surface area contributed by atoms with Crippen LogP contribution in [0.2, 0.25) is 0 Å². The summed E-state index contributed by atoms with van der Waals surface area (Å²) in [6.45, 7) is 0. The van der Waals surface area contributed by atoms with Crippen LogP contribution in [-0.4, -0.2) is 4.98 Å². The Morgan fingerprint density at radius 1 is 1.27 bits per heavy atom. The molecular weight excluding hydrogens is 189 g/mol. The monoisotopic (exact) mass is 201 g/mol. The number of fused-ring (bicyclic) bond motifs is 2. The van der Waals surface area contributed by atoms with Gasteiger partial charge >= 0.3 is 0 Å². The standard InChI is InChI=1S/C13H12FN/c14-11-6-3-5-10-8-9-4-1-2-7-12(9)15-13(10)11/h1-2,4,7-8,11H,3,5-6H2/t11-/m1/s1. The Morgan fingerprint density at radius 3 is 3.07 bits per heavy atom. The first kappa shape index (κ1) is 8.84. The molecule has 1 aromatic heterocycles. The largest absolute Gasteiger partial charge is 0.249 e. The van der Waals surface area contributed by atoms with Gasteiger partial charge in [-0.2, -0.15) is 0 Å². The topological polar surface area (TPSA) is 12.9 Å². The lowest BCUT2D eigenvalue weighted by Crippen LogP contribution is -2.08. The Hall–Kier alpha value is -1.44. The predicted molar refractivity (Wildman–Crippen MR) is 58.5 cm³/mol. The molecule has 2 heteroatoms. The van der Waals surface area contributed by atoms with Crippen LogP contribution in [0, 0.1) is 0 Å². The van der Waals surface area contributed by atoms with Crippen molar-refractivity contribution in [2.24, 2.45) is 0 Å². The Morgan fingerprint density at radius 2 is 2.13 bits per heavy atom. The number of aryl methyl sites for hydroxylation is 1. The van der Waals surface area contributed by atoms with Crippen LogP contribution in [0.25, 0.3) is 10.9 Å². The molecular formula is C13H12FN. The maximum atomic E-state index is 13.6. The number of hydrogen-bond acceptors (Lipinski definition) is 1. The molecule has 0 saturated carbocycles. The van der Waals surface area contributed by atoms with Crippen LogP contribution in [0.5, 0.6) is 0 Å². The van der Waals surface area contributed by atoms with E-state index in [-0.39, 0.29) is 0 Å². The maximum Gasteiger partial charge on any atom is 0.142 e. The van der Waals surface area contributed by atoms with Crippen molar-refractivity contribution in [1.29, 1.82) is 0 Å². The molecule has 0 fully saturated rings. The summed E-state index contributed by atoms with van der Waals surface area (Å²) >= 11 is 0. The first-order valence-corrected chi connectivity index (χ1v) is 5.37. The smallest absolute Gasteiger partial charge is 0.142 e. The van der Waals surface area contributed by atoms with Crippen LogP contribution in [0.3, 0.4) is 0 Å². The van der Waals surface area contributed by atoms with Gasteiger partial charge in [0.05, 0.1) is 11.2 Å². The third-order valence-electron chi connectivity index (χ3n) is 3.04. The van der Waals surface area contributed by atoms with Crippen molar-refractivity contribution in [2.45, 2.75) is 25.4 Å². The second-order valence-corrected chi connectivity index (χ2v) is 4.09. The van der Waals surface area contributed by atoms with Crippen molar-refractivity contribution in [2.75, 3.05) is 0 Å². The van der Waals surface area contributed by atoms with Crippen LogP contribution >= 0.6 is 0 Å². The van der Waals surface area contributed by atoms with Gasteiger partial charge in [-0.15, -0.1) is 0 Å². The van der Waals surface area contributed by atoms with Gasteiger partial charge in [-0.25, -0.2) is 9.37 Å². The highest BCUT2D eigenvalue weighted by Gasteiger charge is 2.21. The number of para-hydroxylation sites is 1. The quantitative estimate of drug-likeness (QED) is 0.634. The summed E-state index contributed by atoms with van der Waals surface area (Å²) in [5.74, 6) is 0. The number of hydrogen-bond donors (Lipinski definition) is 0. The lowest BCUT2D eigenvalue weighted by atomic mass is 9.93. The summed E-state index contributed by atoms with van der Waals surface area (Å²) in [5.41, 5.74) is 2.66. The van der Waals surface area contributed by atoms with Crippen molar-refractivity contribution in [3.05, 3.63) is 41.6 Å². The number of benzene rings is 1. The van der Waals surface area contributed by atoms with Gasteiger partial charge in [-0.3, -0.25) is 0 Å². The molecule has 0 N–H and O–H groups in total. The SMILES string of the molecule is F[C@@H]1CCCc2cc3ccccc3nc21. The van der Waals surface area contributed by atoms with Gasteiger partial charge in [0.15, 0.2) is 0 Å². The average molecular weight is 201 g/mol. The van der Waals surface area contributed by atoms with Crippen molar-refractivity contribution in [3.8, 4) is 0 Å². The molecule has 0 spiro atoms. The average Bonchev–Trinajstić information content (AvgIpc) is 2.27. The third kappa shape index (κ3) is 1.41. The molecule has 0 unspecified atom stereocenters. The lowest BCUT2D eigenvalue weighted by Gasteiger charge is -2.18. The molecule has 1 aromatic carbocycles. The summed E-state index contributed by atoms with van der Waals surface area (Å²) in [4.78, 5) is 4.42. The third-order valence-corrected chi connectivity index (χ3v) is 3.04. The van der Waals surface area contributed by atoms with Crippen LogP contribution in [0.4, 0.5) is 4.39 Å². The maximum absolute atomic E-state index is 13.6. The number of halogens is 1. The second kappa shape index (κ2) is 3.30. The fraction of sp³-hybridized carbons (Fsp3) is 0.308. The fourth-order valence-electron chi connectivity index (χ4n) is 2.25. The normalized spacial score (nSPS) is 20.2. The molecule has 76 valence electrons. The first-order chi connectivity index (χ1) is 7.34. The molecule has 1 aliphatic carbocycles. The number of pyridine rings is 1. The first-order valence-electron chi connectivity index (χ1n) is 5.37. The van der Waals surface area contributed by atoms with E-state index in [0.717, 1.165) is 29.3 Å². The fourth-order valence-corrected chi connectivity index (χ4v) is 2.25. The van der Waals surface area contributed by atoms with Crippen LogP contribution in [0.1, 0.15) is 30.3 Å². The number of rotatable bonds is 0. The molecule has 15 heavy (non-hydrogen) atoms. The highest BCUT2D eigenvalue weighted by Crippen LogP contribution is 2.32.